The lowest BCUT2D eigenvalue weighted by atomic mass is 9.61. The maximum absolute atomic E-state index is 12.1. The van der Waals surface area contributed by atoms with Gasteiger partial charge >= 0.3 is 0 Å². The van der Waals surface area contributed by atoms with E-state index >= 15 is 0 Å². The number of Topliss-reactive ketones (excluding diaryl/α,β-unsaturated/α-hetero) is 1. The summed E-state index contributed by atoms with van der Waals surface area (Å²) in [5.74, 6) is 2.19. The largest absolute Gasteiger partial charge is 0.299 e. The van der Waals surface area contributed by atoms with E-state index in [2.05, 4.69) is 34.6 Å². The molecule has 0 aliphatic heterocycles. The van der Waals surface area contributed by atoms with Crippen molar-refractivity contribution in [1.29, 1.82) is 0 Å². The molecule has 1 unspecified atom stereocenters. The Kier molecular flexibility index (Phi) is 4.58. The van der Waals surface area contributed by atoms with Crippen LogP contribution in [0.25, 0.3) is 0 Å². The predicted molar refractivity (Wildman–Crippen MR) is 69.4 cm³/mol. The van der Waals surface area contributed by atoms with Crippen molar-refractivity contribution < 1.29 is 4.79 Å². The average molecular weight is 224 g/mol. The summed E-state index contributed by atoms with van der Waals surface area (Å²) in [4.78, 5) is 12.1. The van der Waals surface area contributed by atoms with E-state index in [0.29, 0.717) is 23.5 Å². The van der Waals surface area contributed by atoms with Crippen molar-refractivity contribution in [3.8, 4) is 0 Å². The second-order valence-electron chi connectivity index (χ2n) is 6.75. The molecule has 1 saturated carbocycles. The van der Waals surface area contributed by atoms with Gasteiger partial charge in [0.15, 0.2) is 0 Å². The SMILES string of the molecule is CC(C)CC1C(=O)CCC[C@]1(C)CC(C)C. The Hall–Kier alpha value is -0.330. The van der Waals surface area contributed by atoms with Crippen molar-refractivity contribution in [1.82, 2.24) is 0 Å². The fourth-order valence-electron chi connectivity index (χ4n) is 3.47. The van der Waals surface area contributed by atoms with Gasteiger partial charge in [-0.1, -0.05) is 34.6 Å². The third kappa shape index (κ3) is 3.33. The Morgan fingerprint density at radius 3 is 2.38 bits per heavy atom. The zero-order chi connectivity index (χ0) is 12.3. The Morgan fingerprint density at radius 2 is 1.88 bits per heavy atom. The second-order valence-corrected chi connectivity index (χ2v) is 6.75. The van der Waals surface area contributed by atoms with Crippen molar-refractivity contribution in [3.05, 3.63) is 0 Å². The average Bonchev–Trinajstić information content (AvgIpc) is 2.10. The van der Waals surface area contributed by atoms with E-state index in [0.717, 1.165) is 19.3 Å². The molecule has 0 heterocycles. The molecule has 1 aliphatic carbocycles. The Bertz CT molecular complexity index is 242. The quantitative estimate of drug-likeness (QED) is 0.689. The van der Waals surface area contributed by atoms with Crippen molar-refractivity contribution >= 4 is 5.78 Å². The summed E-state index contributed by atoms with van der Waals surface area (Å²) in [5.41, 5.74) is 0.272. The Balaban J connectivity index is 2.80. The van der Waals surface area contributed by atoms with E-state index in [4.69, 9.17) is 0 Å². The number of carbonyl (C=O) groups excluding carboxylic acids is 1. The second kappa shape index (κ2) is 5.33. The lowest BCUT2D eigenvalue weighted by molar-refractivity contribution is -0.131. The minimum atomic E-state index is 0.272. The van der Waals surface area contributed by atoms with Crippen molar-refractivity contribution in [2.24, 2.45) is 23.2 Å². The van der Waals surface area contributed by atoms with Gasteiger partial charge in [0.2, 0.25) is 0 Å². The standard InChI is InChI=1S/C15H28O/c1-11(2)9-13-14(16)7-6-8-15(13,5)10-12(3)4/h11-13H,6-10H2,1-5H3/t13?,15-/m1/s1. The van der Waals surface area contributed by atoms with E-state index in [1.54, 1.807) is 0 Å². The van der Waals surface area contributed by atoms with Crippen LogP contribution in [0.1, 0.15) is 66.7 Å². The van der Waals surface area contributed by atoms with Crippen LogP contribution >= 0.6 is 0 Å². The van der Waals surface area contributed by atoms with Gasteiger partial charge in [-0.25, -0.2) is 0 Å². The molecule has 0 saturated heterocycles. The summed E-state index contributed by atoms with van der Waals surface area (Å²) in [7, 11) is 0. The molecule has 2 atom stereocenters. The van der Waals surface area contributed by atoms with Gasteiger partial charge in [-0.3, -0.25) is 4.79 Å². The fraction of sp³-hybridized carbons (Fsp3) is 0.933. The first-order valence-corrected chi connectivity index (χ1v) is 6.88. The van der Waals surface area contributed by atoms with Gasteiger partial charge in [-0.2, -0.15) is 0 Å². The van der Waals surface area contributed by atoms with E-state index in [9.17, 15) is 4.79 Å². The highest BCUT2D eigenvalue weighted by Gasteiger charge is 2.41. The van der Waals surface area contributed by atoms with Crippen LogP contribution in [0.2, 0.25) is 0 Å². The summed E-state index contributed by atoms with van der Waals surface area (Å²) in [6.45, 7) is 11.4. The highest BCUT2D eigenvalue weighted by atomic mass is 16.1. The highest BCUT2D eigenvalue weighted by molar-refractivity contribution is 5.82. The summed E-state index contributed by atoms with van der Waals surface area (Å²) in [5, 5.41) is 0. The molecule has 0 aromatic rings. The van der Waals surface area contributed by atoms with Crippen molar-refractivity contribution in [2.75, 3.05) is 0 Å². The first-order chi connectivity index (χ1) is 7.35. The van der Waals surface area contributed by atoms with Crippen molar-refractivity contribution in [2.45, 2.75) is 66.7 Å². The molecular formula is C15H28O. The molecule has 0 radical (unpaired) electrons. The molecule has 0 N–H and O–H groups in total. The molecule has 0 amide bonds. The smallest absolute Gasteiger partial charge is 0.136 e. The molecule has 1 fully saturated rings. The Labute approximate surface area is 101 Å². The maximum atomic E-state index is 12.1. The van der Waals surface area contributed by atoms with Gasteiger partial charge in [0.05, 0.1) is 0 Å². The first-order valence-electron chi connectivity index (χ1n) is 6.88. The molecule has 0 bridgehead atoms. The van der Waals surface area contributed by atoms with Crippen LogP contribution in [0.15, 0.2) is 0 Å². The topological polar surface area (TPSA) is 17.1 Å². The Morgan fingerprint density at radius 1 is 1.25 bits per heavy atom. The minimum absolute atomic E-state index is 0.272. The number of hydrogen-bond acceptors (Lipinski definition) is 1. The molecule has 1 aliphatic rings. The summed E-state index contributed by atoms with van der Waals surface area (Å²) < 4.78 is 0. The summed E-state index contributed by atoms with van der Waals surface area (Å²) >= 11 is 0. The molecule has 1 rings (SSSR count). The zero-order valence-corrected chi connectivity index (χ0v) is 11.7. The maximum Gasteiger partial charge on any atom is 0.136 e. The molecule has 0 aromatic heterocycles. The zero-order valence-electron chi connectivity index (χ0n) is 11.7. The van der Waals surface area contributed by atoms with E-state index in [1.165, 1.54) is 12.8 Å². The van der Waals surface area contributed by atoms with Crippen LogP contribution in [-0.4, -0.2) is 5.78 Å². The van der Waals surface area contributed by atoms with Gasteiger partial charge in [-0.05, 0) is 42.9 Å². The third-order valence-electron chi connectivity index (χ3n) is 3.98. The molecule has 0 spiro atoms. The molecule has 0 aromatic carbocycles. The number of carbonyl (C=O) groups is 1. The lowest BCUT2D eigenvalue weighted by Crippen LogP contribution is -2.39. The van der Waals surface area contributed by atoms with Crippen LogP contribution in [0.4, 0.5) is 0 Å². The van der Waals surface area contributed by atoms with Crippen LogP contribution in [-0.2, 0) is 4.79 Å². The number of rotatable bonds is 4. The monoisotopic (exact) mass is 224 g/mol. The van der Waals surface area contributed by atoms with Crippen LogP contribution in [0, 0.1) is 23.2 Å². The van der Waals surface area contributed by atoms with Gasteiger partial charge in [0.1, 0.15) is 5.78 Å². The van der Waals surface area contributed by atoms with Crippen LogP contribution in [0.3, 0.4) is 0 Å². The van der Waals surface area contributed by atoms with E-state index in [-0.39, 0.29) is 5.41 Å². The van der Waals surface area contributed by atoms with E-state index in [1.807, 2.05) is 0 Å². The molecular weight excluding hydrogens is 196 g/mol. The molecule has 1 heteroatoms. The van der Waals surface area contributed by atoms with Crippen LogP contribution in [0.5, 0.6) is 0 Å². The highest BCUT2D eigenvalue weighted by Crippen LogP contribution is 2.46. The summed E-state index contributed by atoms with van der Waals surface area (Å²) in [6, 6.07) is 0. The summed E-state index contributed by atoms with van der Waals surface area (Å²) in [6.07, 6.45) is 5.47. The van der Waals surface area contributed by atoms with Gasteiger partial charge < -0.3 is 0 Å². The van der Waals surface area contributed by atoms with Crippen molar-refractivity contribution in [3.63, 3.8) is 0 Å². The number of ketones is 1. The van der Waals surface area contributed by atoms with Crippen LogP contribution < -0.4 is 0 Å². The number of hydrogen-bond donors (Lipinski definition) is 0. The van der Waals surface area contributed by atoms with Gasteiger partial charge in [0, 0.05) is 12.3 Å². The first kappa shape index (κ1) is 13.7. The fourth-order valence-corrected chi connectivity index (χ4v) is 3.47. The third-order valence-corrected chi connectivity index (χ3v) is 3.98. The minimum Gasteiger partial charge on any atom is -0.299 e. The predicted octanol–water partition coefficient (Wildman–Crippen LogP) is 4.45. The normalized spacial score (nSPS) is 31.4. The van der Waals surface area contributed by atoms with E-state index < -0.39 is 0 Å². The van der Waals surface area contributed by atoms with Gasteiger partial charge in [-0.15, -0.1) is 0 Å². The molecule has 16 heavy (non-hydrogen) atoms. The lowest BCUT2D eigenvalue weighted by Gasteiger charge is -2.42. The van der Waals surface area contributed by atoms with Gasteiger partial charge in [0.25, 0.3) is 0 Å². The molecule has 94 valence electrons. The molecule has 1 nitrogen and oxygen atoms in total.